The van der Waals surface area contributed by atoms with Crippen LogP contribution < -0.4 is 10.2 Å². The molecule has 1 heterocycles. The minimum Gasteiger partial charge on any atom is -0.310 e. The predicted molar refractivity (Wildman–Crippen MR) is 73.9 cm³/mol. The van der Waals surface area contributed by atoms with Gasteiger partial charge in [0.2, 0.25) is 5.91 Å². The van der Waals surface area contributed by atoms with E-state index in [0.29, 0.717) is 0 Å². The van der Waals surface area contributed by atoms with Crippen molar-refractivity contribution >= 4 is 11.6 Å². The molecule has 2 rings (SSSR count). The van der Waals surface area contributed by atoms with Crippen molar-refractivity contribution in [1.29, 1.82) is 0 Å². The van der Waals surface area contributed by atoms with E-state index in [1.807, 2.05) is 48.2 Å². The van der Waals surface area contributed by atoms with Gasteiger partial charge in [-0.2, -0.15) is 0 Å². The van der Waals surface area contributed by atoms with E-state index in [1.54, 1.807) is 0 Å². The van der Waals surface area contributed by atoms with Crippen molar-refractivity contribution in [3.8, 4) is 0 Å². The number of carbonyl (C=O) groups is 1. The van der Waals surface area contributed by atoms with E-state index in [2.05, 4.69) is 12.2 Å². The number of anilines is 1. The number of rotatable bonds is 3. The fourth-order valence-electron chi connectivity index (χ4n) is 2.23. The van der Waals surface area contributed by atoms with Gasteiger partial charge in [0.05, 0.1) is 0 Å². The van der Waals surface area contributed by atoms with Crippen molar-refractivity contribution in [2.45, 2.75) is 13.0 Å². The van der Waals surface area contributed by atoms with E-state index >= 15 is 0 Å². The Morgan fingerprint density at radius 3 is 2.61 bits per heavy atom. The molecule has 1 aliphatic rings. The molecule has 1 aliphatic heterocycles. The van der Waals surface area contributed by atoms with E-state index in [-0.39, 0.29) is 11.9 Å². The Morgan fingerprint density at radius 1 is 1.33 bits per heavy atom. The number of hydrogen-bond acceptors (Lipinski definition) is 3. The molecule has 1 N–H and O–H groups in total. The molecular weight excluding hydrogens is 226 g/mol. The first-order chi connectivity index (χ1) is 8.58. The third-order valence-electron chi connectivity index (χ3n) is 3.18. The quantitative estimate of drug-likeness (QED) is 0.860. The van der Waals surface area contributed by atoms with Crippen LogP contribution in [0.25, 0.3) is 0 Å². The van der Waals surface area contributed by atoms with E-state index in [9.17, 15) is 4.79 Å². The lowest BCUT2D eigenvalue weighted by molar-refractivity contribution is -0.121. The van der Waals surface area contributed by atoms with Gasteiger partial charge in [0, 0.05) is 25.3 Å². The molecule has 1 saturated heterocycles. The summed E-state index contributed by atoms with van der Waals surface area (Å²) in [5.74, 6) is 0.166. The van der Waals surface area contributed by atoms with Crippen LogP contribution in [0.4, 0.5) is 5.69 Å². The van der Waals surface area contributed by atoms with Crippen LogP contribution in [0.5, 0.6) is 0 Å². The highest BCUT2D eigenvalue weighted by atomic mass is 16.2. The van der Waals surface area contributed by atoms with E-state index < -0.39 is 0 Å². The molecule has 98 valence electrons. The largest absolute Gasteiger partial charge is 0.310 e. The number of piperazine rings is 1. The van der Waals surface area contributed by atoms with Crippen LogP contribution in [-0.2, 0) is 4.79 Å². The SMILES string of the molecule is Cc1ccc(N2CCNC(CN(C)C)C2=O)cc1. The average molecular weight is 247 g/mol. The summed E-state index contributed by atoms with van der Waals surface area (Å²) < 4.78 is 0. The Kier molecular flexibility index (Phi) is 3.99. The second-order valence-corrected chi connectivity index (χ2v) is 5.09. The molecule has 4 nitrogen and oxygen atoms in total. The van der Waals surface area contributed by atoms with Crippen molar-refractivity contribution in [3.05, 3.63) is 29.8 Å². The molecule has 1 aromatic carbocycles. The molecule has 0 bridgehead atoms. The second-order valence-electron chi connectivity index (χ2n) is 5.09. The first kappa shape index (κ1) is 13.1. The molecule has 18 heavy (non-hydrogen) atoms. The molecular formula is C14H21N3O. The fraction of sp³-hybridized carbons (Fsp3) is 0.500. The zero-order valence-electron chi connectivity index (χ0n) is 11.3. The van der Waals surface area contributed by atoms with E-state index in [0.717, 1.165) is 25.3 Å². The Bertz CT molecular complexity index is 414. The summed E-state index contributed by atoms with van der Waals surface area (Å²) in [5.41, 5.74) is 2.21. The highest BCUT2D eigenvalue weighted by Crippen LogP contribution is 2.17. The molecule has 0 spiro atoms. The molecule has 0 saturated carbocycles. The van der Waals surface area contributed by atoms with E-state index in [4.69, 9.17) is 0 Å². The second kappa shape index (κ2) is 5.50. The van der Waals surface area contributed by atoms with Gasteiger partial charge in [0.25, 0.3) is 0 Å². The minimum absolute atomic E-state index is 0.102. The number of benzene rings is 1. The lowest BCUT2D eigenvalue weighted by Gasteiger charge is -2.34. The smallest absolute Gasteiger partial charge is 0.245 e. The first-order valence-corrected chi connectivity index (χ1v) is 6.34. The van der Waals surface area contributed by atoms with Gasteiger partial charge in [-0.05, 0) is 33.2 Å². The summed E-state index contributed by atoms with van der Waals surface area (Å²) in [6, 6.07) is 8.03. The van der Waals surface area contributed by atoms with Gasteiger partial charge in [-0.3, -0.25) is 4.79 Å². The van der Waals surface area contributed by atoms with Crippen LogP contribution in [0.3, 0.4) is 0 Å². The molecule has 1 amide bonds. The number of carbonyl (C=O) groups excluding carboxylic acids is 1. The van der Waals surface area contributed by atoms with Crippen LogP contribution in [-0.4, -0.2) is 50.6 Å². The van der Waals surface area contributed by atoms with Gasteiger partial charge >= 0.3 is 0 Å². The summed E-state index contributed by atoms with van der Waals surface area (Å²) in [4.78, 5) is 16.3. The summed E-state index contributed by atoms with van der Waals surface area (Å²) in [7, 11) is 3.97. The van der Waals surface area contributed by atoms with Crippen LogP contribution in [0.1, 0.15) is 5.56 Å². The number of likely N-dealkylation sites (N-methyl/N-ethyl adjacent to an activating group) is 1. The summed E-state index contributed by atoms with van der Waals surface area (Å²) >= 11 is 0. The van der Waals surface area contributed by atoms with Crippen molar-refractivity contribution < 1.29 is 4.79 Å². The number of hydrogen-bond donors (Lipinski definition) is 1. The maximum absolute atomic E-state index is 12.4. The van der Waals surface area contributed by atoms with Crippen molar-refractivity contribution in [2.75, 3.05) is 38.6 Å². The number of nitrogens with zero attached hydrogens (tertiary/aromatic N) is 2. The Balaban J connectivity index is 2.13. The van der Waals surface area contributed by atoms with Crippen LogP contribution in [0.2, 0.25) is 0 Å². The highest BCUT2D eigenvalue weighted by Gasteiger charge is 2.29. The topological polar surface area (TPSA) is 35.6 Å². The van der Waals surface area contributed by atoms with Crippen LogP contribution >= 0.6 is 0 Å². The maximum atomic E-state index is 12.4. The van der Waals surface area contributed by atoms with Gasteiger partial charge in [0.15, 0.2) is 0 Å². The molecule has 1 aromatic rings. The molecule has 1 atom stereocenters. The van der Waals surface area contributed by atoms with E-state index in [1.165, 1.54) is 5.56 Å². The predicted octanol–water partition coefficient (Wildman–Crippen LogP) is 0.861. The van der Waals surface area contributed by atoms with Crippen LogP contribution in [0.15, 0.2) is 24.3 Å². The summed E-state index contributed by atoms with van der Waals surface area (Å²) in [5, 5.41) is 3.28. The first-order valence-electron chi connectivity index (χ1n) is 6.34. The Hall–Kier alpha value is -1.39. The Labute approximate surface area is 109 Å². The number of aryl methyl sites for hydroxylation is 1. The molecule has 0 radical (unpaired) electrons. The molecule has 0 aliphatic carbocycles. The minimum atomic E-state index is -0.102. The standard InChI is InChI=1S/C14H21N3O/c1-11-4-6-12(7-5-11)17-9-8-15-13(14(17)18)10-16(2)3/h4-7,13,15H,8-10H2,1-3H3. The molecule has 1 unspecified atom stereocenters. The van der Waals surface area contributed by atoms with Crippen LogP contribution in [0, 0.1) is 6.92 Å². The van der Waals surface area contributed by atoms with Crippen molar-refractivity contribution in [1.82, 2.24) is 10.2 Å². The zero-order valence-corrected chi connectivity index (χ0v) is 11.3. The van der Waals surface area contributed by atoms with Crippen molar-refractivity contribution in [3.63, 3.8) is 0 Å². The number of amides is 1. The van der Waals surface area contributed by atoms with Gasteiger partial charge in [-0.1, -0.05) is 17.7 Å². The van der Waals surface area contributed by atoms with Crippen molar-refractivity contribution in [2.24, 2.45) is 0 Å². The van der Waals surface area contributed by atoms with Gasteiger partial charge in [-0.25, -0.2) is 0 Å². The molecule has 1 fully saturated rings. The fourth-order valence-corrected chi connectivity index (χ4v) is 2.23. The van der Waals surface area contributed by atoms with Gasteiger partial charge in [-0.15, -0.1) is 0 Å². The lowest BCUT2D eigenvalue weighted by Crippen LogP contribution is -2.58. The Morgan fingerprint density at radius 2 is 2.00 bits per heavy atom. The highest BCUT2D eigenvalue weighted by molar-refractivity contribution is 5.98. The monoisotopic (exact) mass is 247 g/mol. The molecule has 4 heteroatoms. The maximum Gasteiger partial charge on any atom is 0.245 e. The third-order valence-corrected chi connectivity index (χ3v) is 3.18. The third kappa shape index (κ3) is 2.89. The van der Waals surface area contributed by atoms with Gasteiger partial charge in [0.1, 0.15) is 6.04 Å². The molecule has 0 aromatic heterocycles. The average Bonchev–Trinajstić information content (AvgIpc) is 2.33. The zero-order chi connectivity index (χ0) is 13.1. The summed E-state index contributed by atoms with van der Waals surface area (Å²) in [6.45, 7) is 4.38. The van der Waals surface area contributed by atoms with Gasteiger partial charge < -0.3 is 15.1 Å². The summed E-state index contributed by atoms with van der Waals surface area (Å²) in [6.07, 6.45) is 0. The number of nitrogens with one attached hydrogen (secondary N) is 1. The lowest BCUT2D eigenvalue weighted by atomic mass is 10.1. The normalized spacial score (nSPS) is 20.6.